The van der Waals surface area contributed by atoms with E-state index in [1.54, 1.807) is 0 Å². The second-order valence-electron chi connectivity index (χ2n) is 8.38. The van der Waals surface area contributed by atoms with Gasteiger partial charge in [-0.15, -0.1) is 0 Å². The first kappa shape index (κ1) is 22.6. The Balaban J connectivity index is 2.00. The Hall–Kier alpha value is -2.08. The highest BCUT2D eigenvalue weighted by Gasteiger charge is 2.21. The maximum atomic E-state index is 12.5. The number of aliphatic hydroxyl groups is 1. The highest BCUT2D eigenvalue weighted by Crippen LogP contribution is 2.35. The lowest BCUT2D eigenvalue weighted by atomic mass is 10.0. The number of aryl methyl sites for hydroxylation is 3. The molecule has 1 aromatic carbocycles. The normalized spacial score (nSPS) is 12.8. The Labute approximate surface area is 183 Å². The van der Waals surface area contributed by atoms with Gasteiger partial charge in [0.1, 0.15) is 6.23 Å². The number of benzene rings is 1. The van der Waals surface area contributed by atoms with E-state index in [1.165, 1.54) is 0 Å². The van der Waals surface area contributed by atoms with Gasteiger partial charge in [-0.05, 0) is 70.4 Å². The summed E-state index contributed by atoms with van der Waals surface area (Å²) < 4.78 is 2.25. The minimum atomic E-state index is -0.942. The molecule has 5 nitrogen and oxygen atoms in total. The van der Waals surface area contributed by atoms with Gasteiger partial charge in [-0.3, -0.25) is 10.1 Å². The standard InChI is InChI=1S/C24H32ClN3O2/c1-7-8-17-9-14(4)27-24(30)20(17)12-26-23(29)19-10-18(25)11-21-22(19)15(5)16(6)28(21)13(2)3/h9-11,13,23,26,29H,7-8,12H2,1-6H3,(H,27,30). The predicted molar refractivity (Wildman–Crippen MR) is 124 cm³/mol. The van der Waals surface area contributed by atoms with Crippen LogP contribution >= 0.6 is 11.6 Å². The van der Waals surface area contributed by atoms with Crippen LogP contribution in [0, 0.1) is 20.8 Å². The number of nitrogens with one attached hydrogen (secondary N) is 2. The van der Waals surface area contributed by atoms with Gasteiger partial charge in [0.05, 0.1) is 5.52 Å². The van der Waals surface area contributed by atoms with E-state index >= 15 is 0 Å². The van der Waals surface area contributed by atoms with Crippen LogP contribution in [0.2, 0.25) is 5.02 Å². The largest absolute Gasteiger partial charge is 0.374 e. The summed E-state index contributed by atoms with van der Waals surface area (Å²) in [6.45, 7) is 12.7. The Morgan fingerprint density at radius 3 is 2.53 bits per heavy atom. The first-order valence-electron chi connectivity index (χ1n) is 10.6. The maximum Gasteiger partial charge on any atom is 0.252 e. The first-order valence-corrected chi connectivity index (χ1v) is 11.0. The molecule has 2 heterocycles. The molecule has 3 rings (SSSR count). The van der Waals surface area contributed by atoms with Gasteiger partial charge < -0.3 is 14.7 Å². The molecule has 3 N–H and O–H groups in total. The number of pyridine rings is 1. The van der Waals surface area contributed by atoms with Crippen LogP contribution in [-0.2, 0) is 13.0 Å². The van der Waals surface area contributed by atoms with Crippen molar-refractivity contribution >= 4 is 22.5 Å². The fraction of sp³-hybridized carbons (Fsp3) is 0.458. The van der Waals surface area contributed by atoms with Crippen LogP contribution < -0.4 is 10.9 Å². The molecule has 0 aliphatic rings. The van der Waals surface area contributed by atoms with Gasteiger partial charge in [0.2, 0.25) is 0 Å². The van der Waals surface area contributed by atoms with E-state index in [0.717, 1.165) is 51.8 Å². The van der Waals surface area contributed by atoms with E-state index < -0.39 is 6.23 Å². The minimum Gasteiger partial charge on any atom is -0.374 e. The molecule has 0 radical (unpaired) electrons. The number of hydrogen-bond acceptors (Lipinski definition) is 3. The third-order valence-electron chi connectivity index (χ3n) is 5.82. The minimum absolute atomic E-state index is 0.104. The van der Waals surface area contributed by atoms with Gasteiger partial charge in [-0.2, -0.15) is 0 Å². The number of aromatic nitrogens is 2. The second-order valence-corrected chi connectivity index (χ2v) is 8.82. The molecule has 2 aromatic heterocycles. The summed E-state index contributed by atoms with van der Waals surface area (Å²) in [7, 11) is 0. The molecular weight excluding hydrogens is 398 g/mol. The highest BCUT2D eigenvalue weighted by molar-refractivity contribution is 6.31. The number of halogens is 1. The van der Waals surface area contributed by atoms with Crippen molar-refractivity contribution in [3.05, 3.63) is 67.2 Å². The summed E-state index contributed by atoms with van der Waals surface area (Å²) in [6.07, 6.45) is 0.839. The number of rotatable bonds is 7. The van der Waals surface area contributed by atoms with Gasteiger partial charge in [0, 0.05) is 45.5 Å². The topological polar surface area (TPSA) is 70.1 Å². The SMILES string of the molecule is CCCc1cc(C)[nH]c(=O)c1CNC(O)c1cc(Cl)cc2c1c(C)c(C)n2C(C)C. The molecule has 0 saturated carbocycles. The average molecular weight is 430 g/mol. The maximum absolute atomic E-state index is 12.5. The summed E-state index contributed by atoms with van der Waals surface area (Å²) in [4.78, 5) is 15.4. The summed E-state index contributed by atoms with van der Waals surface area (Å²) in [5.41, 5.74) is 6.49. The predicted octanol–water partition coefficient (Wildman–Crippen LogP) is 5.22. The Morgan fingerprint density at radius 1 is 1.20 bits per heavy atom. The molecule has 0 bridgehead atoms. The number of fused-ring (bicyclic) bond motifs is 1. The van der Waals surface area contributed by atoms with E-state index in [9.17, 15) is 9.90 Å². The Bertz CT molecular complexity index is 1130. The van der Waals surface area contributed by atoms with Crippen LogP contribution in [0.1, 0.15) is 73.1 Å². The molecule has 0 fully saturated rings. The molecule has 1 unspecified atom stereocenters. The van der Waals surface area contributed by atoms with Crippen molar-refractivity contribution < 1.29 is 5.11 Å². The van der Waals surface area contributed by atoms with Gasteiger partial charge in [-0.1, -0.05) is 24.9 Å². The third-order valence-corrected chi connectivity index (χ3v) is 6.04. The molecule has 3 aromatic rings. The van der Waals surface area contributed by atoms with Crippen LogP contribution in [0.15, 0.2) is 23.0 Å². The van der Waals surface area contributed by atoms with Gasteiger partial charge >= 0.3 is 0 Å². The summed E-state index contributed by atoms with van der Waals surface area (Å²) in [5, 5.41) is 15.8. The molecule has 0 spiro atoms. The van der Waals surface area contributed by atoms with Crippen molar-refractivity contribution in [2.45, 2.75) is 73.2 Å². The summed E-state index contributed by atoms with van der Waals surface area (Å²) >= 11 is 6.43. The van der Waals surface area contributed by atoms with Crippen LogP contribution in [-0.4, -0.2) is 14.7 Å². The van der Waals surface area contributed by atoms with Gasteiger partial charge in [0.25, 0.3) is 5.56 Å². The van der Waals surface area contributed by atoms with Crippen molar-refractivity contribution in [1.82, 2.24) is 14.9 Å². The van der Waals surface area contributed by atoms with E-state index in [-0.39, 0.29) is 18.1 Å². The van der Waals surface area contributed by atoms with Crippen molar-refractivity contribution in [3.8, 4) is 0 Å². The van der Waals surface area contributed by atoms with Gasteiger partial charge in [-0.25, -0.2) is 0 Å². The number of nitrogens with zero attached hydrogens (tertiary/aromatic N) is 1. The molecule has 0 aliphatic heterocycles. The molecule has 30 heavy (non-hydrogen) atoms. The van der Waals surface area contributed by atoms with E-state index in [4.69, 9.17) is 11.6 Å². The Kier molecular flexibility index (Phi) is 6.75. The average Bonchev–Trinajstić information content (AvgIpc) is 2.90. The molecule has 1 atom stereocenters. The Morgan fingerprint density at radius 2 is 1.90 bits per heavy atom. The zero-order chi connectivity index (χ0) is 22.2. The quantitative estimate of drug-likeness (QED) is 0.451. The molecule has 0 aliphatic carbocycles. The van der Waals surface area contributed by atoms with Crippen LogP contribution in [0.25, 0.3) is 10.9 Å². The lowest BCUT2D eigenvalue weighted by Gasteiger charge is -2.18. The van der Waals surface area contributed by atoms with Crippen molar-refractivity contribution in [2.24, 2.45) is 0 Å². The molecule has 162 valence electrons. The van der Waals surface area contributed by atoms with E-state index in [2.05, 4.69) is 49.5 Å². The van der Waals surface area contributed by atoms with Crippen LogP contribution in [0.4, 0.5) is 0 Å². The molecule has 6 heteroatoms. The number of aliphatic hydroxyl groups excluding tert-OH is 1. The zero-order valence-electron chi connectivity index (χ0n) is 18.7. The van der Waals surface area contributed by atoms with Crippen LogP contribution in [0.3, 0.4) is 0 Å². The van der Waals surface area contributed by atoms with E-state index in [0.29, 0.717) is 10.6 Å². The van der Waals surface area contributed by atoms with Crippen molar-refractivity contribution in [3.63, 3.8) is 0 Å². The fourth-order valence-corrected chi connectivity index (χ4v) is 4.64. The van der Waals surface area contributed by atoms with Crippen molar-refractivity contribution in [2.75, 3.05) is 0 Å². The van der Waals surface area contributed by atoms with Gasteiger partial charge in [0.15, 0.2) is 0 Å². The monoisotopic (exact) mass is 429 g/mol. The number of H-pyrrole nitrogens is 1. The third kappa shape index (κ3) is 4.20. The molecule has 0 saturated heterocycles. The molecule has 0 amide bonds. The smallest absolute Gasteiger partial charge is 0.252 e. The summed E-state index contributed by atoms with van der Waals surface area (Å²) in [6, 6.07) is 6.06. The number of aromatic amines is 1. The lowest BCUT2D eigenvalue weighted by molar-refractivity contribution is 0.138. The molecular formula is C24H32ClN3O2. The number of hydrogen-bond donors (Lipinski definition) is 3. The highest BCUT2D eigenvalue weighted by atomic mass is 35.5. The summed E-state index contributed by atoms with van der Waals surface area (Å²) in [5.74, 6) is 0. The van der Waals surface area contributed by atoms with E-state index in [1.807, 2.05) is 25.1 Å². The lowest BCUT2D eigenvalue weighted by Crippen LogP contribution is -2.27. The van der Waals surface area contributed by atoms with Crippen molar-refractivity contribution in [1.29, 1.82) is 0 Å². The second kappa shape index (κ2) is 8.96. The first-order chi connectivity index (χ1) is 14.1. The fourth-order valence-electron chi connectivity index (χ4n) is 4.41. The zero-order valence-corrected chi connectivity index (χ0v) is 19.4. The van der Waals surface area contributed by atoms with Crippen LogP contribution in [0.5, 0.6) is 0 Å².